The van der Waals surface area contributed by atoms with E-state index in [1.807, 2.05) is 39.0 Å². The lowest BCUT2D eigenvalue weighted by Gasteiger charge is -2.27. The molecule has 1 atom stereocenters. The summed E-state index contributed by atoms with van der Waals surface area (Å²) in [4.78, 5) is 12.5. The summed E-state index contributed by atoms with van der Waals surface area (Å²) >= 11 is 0. The van der Waals surface area contributed by atoms with Crippen LogP contribution in [0.3, 0.4) is 0 Å². The molecule has 2 N–H and O–H groups in total. The fourth-order valence-electron chi connectivity index (χ4n) is 2.93. The number of allylic oxidation sites excluding steroid dienone is 2. The zero-order valence-electron chi connectivity index (χ0n) is 15.8. The maximum absolute atomic E-state index is 12.5. The van der Waals surface area contributed by atoms with Crippen LogP contribution in [0.1, 0.15) is 44.7 Å². The molecule has 6 heteroatoms. The topological polar surface area (TPSA) is 94.6 Å². The van der Waals surface area contributed by atoms with E-state index >= 15 is 0 Å². The van der Waals surface area contributed by atoms with Gasteiger partial charge in [-0.3, -0.25) is 0 Å². The molecular weight excluding hydrogens is 332 g/mol. The van der Waals surface area contributed by atoms with Gasteiger partial charge in [0.15, 0.2) is 0 Å². The maximum Gasteiger partial charge on any atom is 0.338 e. The Balaban J connectivity index is 2.57. The van der Waals surface area contributed by atoms with E-state index in [1.165, 1.54) is 0 Å². The molecule has 0 saturated carbocycles. The first-order valence-corrected chi connectivity index (χ1v) is 8.52. The molecule has 0 bridgehead atoms. The second kappa shape index (κ2) is 7.96. The zero-order valence-corrected chi connectivity index (χ0v) is 15.8. The van der Waals surface area contributed by atoms with E-state index in [-0.39, 0.29) is 29.7 Å². The summed E-state index contributed by atoms with van der Waals surface area (Å²) in [7, 11) is 0. The molecule has 1 aromatic rings. The van der Waals surface area contributed by atoms with Gasteiger partial charge in [0, 0.05) is 0 Å². The van der Waals surface area contributed by atoms with Gasteiger partial charge in [0.2, 0.25) is 5.88 Å². The summed E-state index contributed by atoms with van der Waals surface area (Å²) in [6, 6.07) is 7.63. The van der Waals surface area contributed by atoms with Gasteiger partial charge in [-0.15, -0.1) is 0 Å². The lowest BCUT2D eigenvalue weighted by molar-refractivity contribution is -0.139. The van der Waals surface area contributed by atoms with Crippen LogP contribution < -0.4 is 10.5 Å². The first-order chi connectivity index (χ1) is 12.3. The molecule has 1 unspecified atom stereocenters. The van der Waals surface area contributed by atoms with Crippen LogP contribution in [0.5, 0.6) is 5.75 Å². The van der Waals surface area contributed by atoms with Gasteiger partial charge in [-0.05, 0) is 51.8 Å². The predicted octanol–water partition coefficient (Wildman–Crippen LogP) is 3.43. The molecule has 0 amide bonds. The molecule has 1 heterocycles. The van der Waals surface area contributed by atoms with E-state index < -0.39 is 11.9 Å². The Kier molecular flexibility index (Phi) is 5.93. The third-order valence-corrected chi connectivity index (χ3v) is 4.00. The number of carbonyl (C=O) groups excluding carboxylic acids is 1. The lowest BCUT2D eigenvalue weighted by Crippen LogP contribution is -2.25. The number of hydrogen-bond donors (Lipinski definition) is 1. The highest BCUT2D eigenvalue weighted by Gasteiger charge is 2.36. The molecule has 26 heavy (non-hydrogen) atoms. The summed E-state index contributed by atoms with van der Waals surface area (Å²) in [6.45, 7) is 9.42. The van der Waals surface area contributed by atoms with Crippen LogP contribution in [-0.4, -0.2) is 18.7 Å². The van der Waals surface area contributed by atoms with Gasteiger partial charge in [-0.25, -0.2) is 4.79 Å². The van der Waals surface area contributed by atoms with Gasteiger partial charge < -0.3 is 19.9 Å². The van der Waals surface area contributed by atoms with Crippen molar-refractivity contribution < 1.29 is 19.0 Å². The Morgan fingerprint density at radius 3 is 2.62 bits per heavy atom. The Bertz CT molecular complexity index is 816. The number of benzene rings is 1. The fraction of sp³-hybridized carbons (Fsp3) is 0.400. The summed E-state index contributed by atoms with van der Waals surface area (Å²) in [5.41, 5.74) is 8.03. The van der Waals surface area contributed by atoms with E-state index in [2.05, 4.69) is 6.07 Å². The quantitative estimate of drug-likeness (QED) is 0.812. The summed E-state index contributed by atoms with van der Waals surface area (Å²) < 4.78 is 16.3. The molecule has 0 aromatic heterocycles. The van der Waals surface area contributed by atoms with Crippen molar-refractivity contribution in [2.75, 3.05) is 6.61 Å². The molecular formula is C20H24N2O4. The Labute approximate surface area is 153 Å². The summed E-state index contributed by atoms with van der Waals surface area (Å²) in [6.07, 6.45) is 0.0464. The first kappa shape index (κ1) is 19.4. The number of ether oxygens (including phenoxy) is 3. The third kappa shape index (κ3) is 3.83. The van der Waals surface area contributed by atoms with Gasteiger partial charge in [0.1, 0.15) is 23.2 Å². The molecule has 0 saturated heterocycles. The fourth-order valence-corrected chi connectivity index (χ4v) is 2.93. The van der Waals surface area contributed by atoms with E-state index in [1.54, 1.807) is 13.8 Å². The molecule has 1 aliphatic heterocycles. The van der Waals surface area contributed by atoms with E-state index in [9.17, 15) is 10.1 Å². The predicted molar refractivity (Wildman–Crippen MR) is 96.9 cm³/mol. The SMILES string of the molecule is CCOC(=O)C1=C(C)OC(N)=C(C#N)C1c1ccc(OC(C)C)c(C)c1. The molecule has 0 radical (unpaired) electrons. The standard InChI is InChI=1S/C20H24N2O4/c1-6-24-20(23)17-13(5)26-19(22)15(10-21)18(17)14-7-8-16(12(4)9-14)25-11(2)3/h7-9,11,18H,6,22H2,1-5H3. The highest BCUT2D eigenvalue weighted by molar-refractivity contribution is 5.92. The van der Waals surface area contributed by atoms with E-state index in [0.29, 0.717) is 5.76 Å². The smallest absolute Gasteiger partial charge is 0.338 e. The van der Waals surface area contributed by atoms with Gasteiger partial charge in [0.25, 0.3) is 0 Å². The second-order valence-corrected chi connectivity index (χ2v) is 6.31. The van der Waals surface area contributed by atoms with Gasteiger partial charge >= 0.3 is 5.97 Å². The van der Waals surface area contributed by atoms with E-state index in [0.717, 1.165) is 16.9 Å². The first-order valence-electron chi connectivity index (χ1n) is 8.52. The lowest BCUT2D eigenvalue weighted by atomic mass is 9.82. The minimum Gasteiger partial charge on any atom is -0.491 e. The van der Waals surface area contributed by atoms with Crippen LogP contribution in [-0.2, 0) is 14.3 Å². The molecule has 1 aromatic carbocycles. The number of nitriles is 1. The van der Waals surface area contributed by atoms with Crippen molar-refractivity contribution in [1.82, 2.24) is 0 Å². The number of rotatable bonds is 5. The van der Waals surface area contributed by atoms with Crippen LogP contribution in [0.2, 0.25) is 0 Å². The van der Waals surface area contributed by atoms with Crippen LogP contribution >= 0.6 is 0 Å². The van der Waals surface area contributed by atoms with Crippen molar-refractivity contribution in [1.29, 1.82) is 5.26 Å². The average molecular weight is 356 g/mol. The number of esters is 1. The Hall–Kier alpha value is -2.94. The number of carbonyl (C=O) groups is 1. The summed E-state index contributed by atoms with van der Waals surface area (Å²) in [5.74, 6) is -0.0621. The average Bonchev–Trinajstić information content (AvgIpc) is 2.55. The van der Waals surface area contributed by atoms with Crippen LogP contribution in [0.15, 0.2) is 41.0 Å². The van der Waals surface area contributed by atoms with Crippen LogP contribution in [0.25, 0.3) is 0 Å². The van der Waals surface area contributed by atoms with Crippen molar-refractivity contribution in [3.63, 3.8) is 0 Å². The maximum atomic E-state index is 12.5. The number of nitrogens with two attached hydrogens (primary N) is 1. The second-order valence-electron chi connectivity index (χ2n) is 6.31. The van der Waals surface area contributed by atoms with Gasteiger partial charge in [0.05, 0.1) is 24.2 Å². The van der Waals surface area contributed by atoms with E-state index in [4.69, 9.17) is 19.9 Å². The molecule has 0 aliphatic carbocycles. The van der Waals surface area contributed by atoms with Crippen molar-refractivity contribution in [2.45, 2.75) is 46.6 Å². The third-order valence-electron chi connectivity index (χ3n) is 4.00. The summed E-state index contributed by atoms with van der Waals surface area (Å²) in [5, 5.41) is 9.58. The molecule has 0 fully saturated rings. The normalized spacial score (nSPS) is 17.0. The van der Waals surface area contributed by atoms with Gasteiger partial charge in [-0.1, -0.05) is 12.1 Å². The molecule has 2 rings (SSSR count). The largest absolute Gasteiger partial charge is 0.491 e. The number of aryl methyl sites for hydroxylation is 1. The van der Waals surface area contributed by atoms with Crippen LogP contribution in [0.4, 0.5) is 0 Å². The highest BCUT2D eigenvalue weighted by atomic mass is 16.5. The number of nitrogens with zero attached hydrogens (tertiary/aromatic N) is 1. The minimum atomic E-state index is -0.639. The van der Waals surface area contributed by atoms with Crippen molar-refractivity contribution >= 4 is 5.97 Å². The van der Waals surface area contributed by atoms with Crippen molar-refractivity contribution in [2.24, 2.45) is 5.73 Å². The molecule has 6 nitrogen and oxygen atoms in total. The highest BCUT2D eigenvalue weighted by Crippen LogP contribution is 2.40. The molecule has 0 spiro atoms. The molecule has 1 aliphatic rings. The van der Waals surface area contributed by atoms with Crippen LogP contribution in [0, 0.1) is 18.3 Å². The monoisotopic (exact) mass is 356 g/mol. The van der Waals surface area contributed by atoms with Crippen molar-refractivity contribution in [3.8, 4) is 11.8 Å². The van der Waals surface area contributed by atoms with Crippen molar-refractivity contribution in [3.05, 3.63) is 52.1 Å². The van der Waals surface area contributed by atoms with Gasteiger partial charge in [-0.2, -0.15) is 5.26 Å². The minimum absolute atomic E-state index is 0.00297. The Morgan fingerprint density at radius 1 is 1.38 bits per heavy atom. The zero-order chi connectivity index (χ0) is 19.4. The number of hydrogen-bond acceptors (Lipinski definition) is 6. The molecule has 138 valence electrons. The Morgan fingerprint density at radius 2 is 2.08 bits per heavy atom.